The highest BCUT2D eigenvalue weighted by Crippen LogP contribution is 2.46. The van der Waals surface area contributed by atoms with Crippen molar-refractivity contribution in [2.24, 2.45) is 0 Å². The first kappa shape index (κ1) is 19.2. The number of carbonyl (C=O) groups is 1. The third-order valence-electron chi connectivity index (χ3n) is 3.90. The summed E-state index contributed by atoms with van der Waals surface area (Å²) in [7, 11) is 0. The van der Waals surface area contributed by atoms with Gasteiger partial charge in [0.15, 0.2) is 11.5 Å². The maximum absolute atomic E-state index is 13.6. The van der Waals surface area contributed by atoms with Gasteiger partial charge in [0.25, 0.3) is 0 Å². The van der Waals surface area contributed by atoms with Crippen LogP contribution in [0, 0.1) is 0 Å². The van der Waals surface area contributed by atoms with Crippen molar-refractivity contribution in [3.63, 3.8) is 0 Å². The van der Waals surface area contributed by atoms with Gasteiger partial charge in [0, 0.05) is 16.8 Å². The lowest BCUT2D eigenvalue weighted by molar-refractivity contribution is -0.317. The second-order valence-corrected chi connectivity index (χ2v) is 6.70. The van der Waals surface area contributed by atoms with Crippen LogP contribution in [0.4, 0.5) is 23.7 Å². The number of hydrogen-bond donors (Lipinski definition) is 2. The molecule has 3 rings (SSSR count). The van der Waals surface area contributed by atoms with Crippen molar-refractivity contribution in [2.75, 3.05) is 5.32 Å². The van der Waals surface area contributed by atoms with E-state index in [2.05, 4.69) is 5.32 Å². The van der Waals surface area contributed by atoms with Gasteiger partial charge in [0.2, 0.25) is 0 Å². The molecule has 0 saturated carbocycles. The molecule has 1 atom stereocenters. The zero-order valence-electron chi connectivity index (χ0n) is 14.4. The minimum Gasteiger partial charge on any atom is -0.424 e. The Bertz CT molecular complexity index is 856. The van der Waals surface area contributed by atoms with E-state index in [1.165, 1.54) is 18.2 Å². The van der Waals surface area contributed by atoms with Gasteiger partial charge in [-0.1, -0.05) is 37.6 Å². The Morgan fingerprint density at radius 2 is 1.70 bits per heavy atom. The molecule has 0 radical (unpaired) electrons. The largest absolute Gasteiger partial charge is 0.492 e. The van der Waals surface area contributed by atoms with E-state index in [-0.39, 0.29) is 22.4 Å². The Balaban J connectivity index is 1.77. The Kier molecular flexibility index (Phi) is 4.86. The topological polar surface area (TPSA) is 59.6 Å². The normalized spacial score (nSPS) is 18.5. The monoisotopic (exact) mass is 400 g/mol. The van der Waals surface area contributed by atoms with Crippen LogP contribution in [0.1, 0.15) is 25.3 Å². The first-order valence-corrected chi connectivity index (χ1v) is 8.41. The number of carbonyl (C=O) groups excluding carboxylic acids is 1. The van der Waals surface area contributed by atoms with Crippen molar-refractivity contribution in [3.05, 3.63) is 53.1 Å². The van der Waals surface area contributed by atoms with Crippen molar-refractivity contribution in [1.29, 1.82) is 0 Å². The second-order valence-electron chi connectivity index (χ2n) is 6.27. The summed E-state index contributed by atoms with van der Waals surface area (Å²) >= 11 is 5.76. The third-order valence-corrected chi connectivity index (χ3v) is 4.13. The summed E-state index contributed by atoms with van der Waals surface area (Å²) in [5.74, 6) is -3.46. The SMILES string of the molecule is CC(C)c1ccc(NC(=O)NC2(C(F)(F)F)Oc3ccc(Cl)cc3O2)cc1. The van der Waals surface area contributed by atoms with Crippen LogP contribution in [0.5, 0.6) is 11.5 Å². The molecule has 9 heteroatoms. The molecule has 0 spiro atoms. The summed E-state index contributed by atoms with van der Waals surface area (Å²) in [4.78, 5) is 12.1. The third kappa shape index (κ3) is 3.90. The molecular formula is C18H16ClF3N2O3. The molecule has 2 aromatic rings. The Morgan fingerprint density at radius 1 is 1.07 bits per heavy atom. The molecule has 0 aromatic heterocycles. The minimum absolute atomic E-state index is 0.171. The van der Waals surface area contributed by atoms with Crippen molar-refractivity contribution < 1.29 is 27.4 Å². The van der Waals surface area contributed by atoms with Crippen LogP contribution in [0.25, 0.3) is 0 Å². The number of fused-ring (bicyclic) bond motifs is 1. The van der Waals surface area contributed by atoms with Crippen LogP contribution in [-0.4, -0.2) is 18.1 Å². The molecule has 1 unspecified atom stereocenters. The van der Waals surface area contributed by atoms with E-state index in [9.17, 15) is 18.0 Å². The van der Waals surface area contributed by atoms with Gasteiger partial charge < -0.3 is 14.8 Å². The molecule has 2 amide bonds. The fourth-order valence-electron chi connectivity index (χ4n) is 2.48. The van der Waals surface area contributed by atoms with Gasteiger partial charge >= 0.3 is 18.1 Å². The summed E-state index contributed by atoms with van der Waals surface area (Å²) in [5, 5.41) is 4.23. The van der Waals surface area contributed by atoms with Gasteiger partial charge in [-0.15, -0.1) is 0 Å². The van der Waals surface area contributed by atoms with Crippen LogP contribution in [0.2, 0.25) is 5.02 Å². The highest BCUT2D eigenvalue weighted by Gasteiger charge is 2.65. The Labute approximate surface area is 158 Å². The minimum atomic E-state index is -5.04. The predicted molar refractivity (Wildman–Crippen MR) is 94.2 cm³/mol. The van der Waals surface area contributed by atoms with Gasteiger partial charge in [-0.05, 0) is 35.7 Å². The van der Waals surface area contributed by atoms with E-state index in [0.29, 0.717) is 5.69 Å². The second kappa shape index (κ2) is 6.84. The van der Waals surface area contributed by atoms with Gasteiger partial charge in [-0.2, -0.15) is 13.2 Å². The molecule has 2 aromatic carbocycles. The number of nitrogens with one attached hydrogen (secondary N) is 2. The first-order valence-electron chi connectivity index (χ1n) is 8.03. The van der Waals surface area contributed by atoms with E-state index in [1.807, 2.05) is 13.8 Å². The molecule has 144 valence electrons. The Hall–Kier alpha value is -2.61. The number of ether oxygens (including phenoxy) is 2. The summed E-state index contributed by atoms with van der Waals surface area (Å²) < 4.78 is 50.6. The van der Waals surface area contributed by atoms with Crippen molar-refractivity contribution in [1.82, 2.24) is 5.32 Å². The van der Waals surface area contributed by atoms with Crippen molar-refractivity contribution in [2.45, 2.75) is 31.9 Å². The van der Waals surface area contributed by atoms with Gasteiger partial charge in [0.05, 0.1) is 0 Å². The quantitative estimate of drug-likeness (QED) is 0.737. The predicted octanol–water partition coefficient (Wildman–Crippen LogP) is 5.27. The fourth-order valence-corrected chi connectivity index (χ4v) is 2.64. The van der Waals surface area contributed by atoms with E-state index in [4.69, 9.17) is 21.1 Å². The lowest BCUT2D eigenvalue weighted by Crippen LogP contribution is -2.65. The number of amides is 2. The highest BCUT2D eigenvalue weighted by molar-refractivity contribution is 6.30. The number of hydrogen-bond acceptors (Lipinski definition) is 3. The molecule has 0 aliphatic carbocycles. The zero-order chi connectivity index (χ0) is 19.8. The molecule has 2 N–H and O–H groups in total. The van der Waals surface area contributed by atoms with E-state index >= 15 is 0 Å². The molecule has 1 heterocycles. The average molecular weight is 401 g/mol. The molecular weight excluding hydrogens is 385 g/mol. The van der Waals surface area contributed by atoms with E-state index in [0.717, 1.165) is 5.56 Å². The fraction of sp³-hybridized carbons (Fsp3) is 0.278. The molecule has 1 aliphatic rings. The lowest BCUT2D eigenvalue weighted by Gasteiger charge is -2.29. The number of alkyl halides is 3. The molecule has 27 heavy (non-hydrogen) atoms. The number of urea groups is 1. The molecule has 5 nitrogen and oxygen atoms in total. The van der Waals surface area contributed by atoms with Gasteiger partial charge in [0.1, 0.15) is 0 Å². The molecule has 0 bridgehead atoms. The van der Waals surface area contributed by atoms with Crippen LogP contribution in [-0.2, 0) is 0 Å². The van der Waals surface area contributed by atoms with Crippen LogP contribution < -0.4 is 20.1 Å². The Morgan fingerprint density at radius 3 is 2.30 bits per heavy atom. The zero-order valence-corrected chi connectivity index (χ0v) is 15.1. The standard InChI is InChI=1S/C18H16ClF3N2O3/c1-10(2)11-3-6-13(7-4-11)23-16(25)24-18(17(20,21)22)26-14-8-5-12(19)9-15(14)27-18/h3-10H,1-2H3,(H2,23,24,25). The molecule has 0 fully saturated rings. The summed E-state index contributed by atoms with van der Waals surface area (Å²) in [6.07, 6.45) is -5.04. The summed E-state index contributed by atoms with van der Waals surface area (Å²) in [5.41, 5.74) is 1.36. The number of anilines is 1. The maximum Gasteiger partial charge on any atom is 0.492 e. The average Bonchev–Trinajstić information content (AvgIpc) is 2.93. The van der Waals surface area contributed by atoms with Crippen LogP contribution >= 0.6 is 11.6 Å². The van der Waals surface area contributed by atoms with Crippen molar-refractivity contribution >= 4 is 23.3 Å². The van der Waals surface area contributed by atoms with Gasteiger partial charge in [-0.25, -0.2) is 4.79 Å². The molecule has 1 aliphatic heterocycles. The summed E-state index contributed by atoms with van der Waals surface area (Å²) in [6.45, 7) is 4.00. The van der Waals surface area contributed by atoms with Crippen LogP contribution in [0.3, 0.4) is 0 Å². The maximum atomic E-state index is 13.6. The number of rotatable bonds is 3. The van der Waals surface area contributed by atoms with Crippen molar-refractivity contribution in [3.8, 4) is 11.5 Å². The first-order chi connectivity index (χ1) is 12.6. The van der Waals surface area contributed by atoms with E-state index in [1.54, 1.807) is 29.6 Å². The smallest absolute Gasteiger partial charge is 0.424 e. The van der Waals surface area contributed by atoms with E-state index < -0.39 is 18.1 Å². The molecule has 0 saturated heterocycles. The number of halogens is 4. The number of benzene rings is 2. The highest BCUT2D eigenvalue weighted by atomic mass is 35.5. The lowest BCUT2D eigenvalue weighted by atomic mass is 10.0. The van der Waals surface area contributed by atoms with Gasteiger partial charge in [-0.3, -0.25) is 5.32 Å². The summed E-state index contributed by atoms with van der Waals surface area (Å²) in [6, 6.07) is 9.38. The van der Waals surface area contributed by atoms with Crippen LogP contribution in [0.15, 0.2) is 42.5 Å².